The summed E-state index contributed by atoms with van der Waals surface area (Å²) >= 11 is 0. The molecule has 0 saturated heterocycles. The lowest BCUT2D eigenvalue weighted by atomic mass is 10.1. The number of carbonyl (C=O) groups is 2. The van der Waals surface area contributed by atoms with Crippen LogP contribution in [0.4, 0.5) is 11.4 Å². The Balaban J connectivity index is 2.71. The van der Waals surface area contributed by atoms with Gasteiger partial charge in [-0.05, 0) is 19.1 Å². The van der Waals surface area contributed by atoms with Crippen LogP contribution < -0.4 is 22.1 Å². The first kappa shape index (κ1) is 15.8. The predicted molar refractivity (Wildman–Crippen MR) is 77.3 cm³/mol. The van der Waals surface area contributed by atoms with Crippen molar-refractivity contribution in [3.63, 3.8) is 0 Å². The molecule has 1 unspecified atom stereocenters. The number of para-hydroxylation sites is 1. The van der Waals surface area contributed by atoms with E-state index >= 15 is 0 Å². The monoisotopic (exact) mass is 280 g/mol. The highest BCUT2D eigenvalue weighted by atomic mass is 16.5. The van der Waals surface area contributed by atoms with E-state index in [9.17, 15) is 9.59 Å². The van der Waals surface area contributed by atoms with Crippen molar-refractivity contribution in [3.8, 4) is 0 Å². The number of carbonyl (C=O) groups excluding carboxylic acids is 2. The van der Waals surface area contributed by atoms with Gasteiger partial charge in [0.2, 0.25) is 5.91 Å². The Labute approximate surface area is 117 Å². The molecule has 0 spiro atoms. The lowest BCUT2D eigenvalue weighted by molar-refractivity contribution is -0.121. The number of hydrogen-bond acceptors (Lipinski definition) is 5. The van der Waals surface area contributed by atoms with Gasteiger partial charge in [-0.2, -0.15) is 0 Å². The van der Waals surface area contributed by atoms with Crippen molar-refractivity contribution < 1.29 is 14.3 Å². The normalized spacial score (nSPS) is 11.7. The third-order valence-electron chi connectivity index (χ3n) is 2.74. The van der Waals surface area contributed by atoms with Crippen LogP contribution >= 0.6 is 0 Å². The minimum Gasteiger partial charge on any atom is -0.396 e. The molecule has 1 aromatic rings. The van der Waals surface area contributed by atoms with Crippen LogP contribution in [0.1, 0.15) is 17.3 Å². The second kappa shape index (κ2) is 7.34. The van der Waals surface area contributed by atoms with Gasteiger partial charge in [-0.3, -0.25) is 9.59 Å². The van der Waals surface area contributed by atoms with Gasteiger partial charge in [0.05, 0.1) is 23.5 Å². The molecule has 0 saturated carbocycles. The summed E-state index contributed by atoms with van der Waals surface area (Å²) < 4.78 is 4.84. The van der Waals surface area contributed by atoms with Gasteiger partial charge in [-0.1, -0.05) is 6.07 Å². The lowest BCUT2D eigenvalue weighted by Gasteiger charge is -2.17. The van der Waals surface area contributed by atoms with Crippen molar-refractivity contribution in [2.75, 3.05) is 31.3 Å². The second-order valence-electron chi connectivity index (χ2n) is 4.28. The summed E-state index contributed by atoms with van der Waals surface area (Å²) in [6.45, 7) is 2.56. The molecular formula is C13H20N4O3. The first-order valence-electron chi connectivity index (χ1n) is 6.18. The zero-order valence-corrected chi connectivity index (χ0v) is 11.6. The Morgan fingerprint density at radius 3 is 2.70 bits per heavy atom. The summed E-state index contributed by atoms with van der Waals surface area (Å²) in [4.78, 5) is 23.0. The minimum absolute atomic E-state index is 0.189. The fourth-order valence-electron chi connectivity index (χ4n) is 1.63. The fourth-order valence-corrected chi connectivity index (χ4v) is 1.63. The highest BCUT2D eigenvalue weighted by molar-refractivity contribution is 6.01. The average Bonchev–Trinajstić information content (AvgIpc) is 2.40. The van der Waals surface area contributed by atoms with Crippen molar-refractivity contribution in [1.82, 2.24) is 5.32 Å². The molecule has 0 aliphatic heterocycles. The Morgan fingerprint density at radius 2 is 2.10 bits per heavy atom. The third kappa shape index (κ3) is 4.13. The number of rotatable bonds is 7. The van der Waals surface area contributed by atoms with Crippen LogP contribution in [0.25, 0.3) is 0 Å². The van der Waals surface area contributed by atoms with Crippen molar-refractivity contribution in [3.05, 3.63) is 23.8 Å². The first-order chi connectivity index (χ1) is 9.47. The molecule has 1 aromatic carbocycles. The Bertz CT molecular complexity index is 491. The minimum atomic E-state index is -0.608. The maximum absolute atomic E-state index is 11.8. The van der Waals surface area contributed by atoms with Crippen LogP contribution in [0.5, 0.6) is 0 Å². The summed E-state index contributed by atoms with van der Waals surface area (Å²) in [5, 5.41) is 5.65. The van der Waals surface area contributed by atoms with Gasteiger partial charge in [0.1, 0.15) is 6.04 Å². The number of anilines is 2. The van der Waals surface area contributed by atoms with Gasteiger partial charge in [0, 0.05) is 13.7 Å². The van der Waals surface area contributed by atoms with Crippen molar-refractivity contribution in [2.24, 2.45) is 5.73 Å². The van der Waals surface area contributed by atoms with E-state index in [-0.39, 0.29) is 17.2 Å². The molecule has 0 radical (unpaired) electrons. The average molecular weight is 280 g/mol. The van der Waals surface area contributed by atoms with Gasteiger partial charge in [0.25, 0.3) is 5.91 Å². The molecule has 20 heavy (non-hydrogen) atoms. The molecule has 1 rings (SSSR count). The summed E-state index contributed by atoms with van der Waals surface area (Å²) in [6, 6.07) is 4.36. The van der Waals surface area contributed by atoms with Crippen LogP contribution in [-0.2, 0) is 9.53 Å². The molecule has 0 bridgehead atoms. The summed E-state index contributed by atoms with van der Waals surface area (Å²) in [5.41, 5.74) is 12.0. The van der Waals surface area contributed by atoms with E-state index in [2.05, 4.69) is 10.6 Å². The van der Waals surface area contributed by atoms with Gasteiger partial charge < -0.3 is 26.8 Å². The van der Waals surface area contributed by atoms with Crippen molar-refractivity contribution in [2.45, 2.75) is 13.0 Å². The van der Waals surface area contributed by atoms with E-state index in [0.29, 0.717) is 18.8 Å². The number of nitrogens with one attached hydrogen (secondary N) is 2. The number of amides is 2. The number of ether oxygens (including phenoxy) is 1. The standard InChI is InChI=1S/C13H20N4O3/c1-8(13(19)16-6-7-20-2)17-10-5-3-4-9(11(10)14)12(15)18/h3-5,8,17H,6-7,14H2,1-2H3,(H2,15,18)(H,16,19). The van der Waals surface area contributed by atoms with Gasteiger partial charge in [-0.15, -0.1) is 0 Å². The fraction of sp³-hybridized carbons (Fsp3) is 0.385. The molecule has 0 aromatic heterocycles. The number of nitrogen functional groups attached to an aromatic ring is 1. The van der Waals surface area contributed by atoms with Crippen molar-refractivity contribution >= 4 is 23.2 Å². The zero-order chi connectivity index (χ0) is 15.1. The van der Waals surface area contributed by atoms with Crippen LogP contribution in [0.15, 0.2) is 18.2 Å². The lowest BCUT2D eigenvalue weighted by Crippen LogP contribution is -2.39. The molecule has 7 nitrogen and oxygen atoms in total. The maximum atomic E-state index is 11.8. The van der Waals surface area contributed by atoms with Crippen LogP contribution in [0.3, 0.4) is 0 Å². The van der Waals surface area contributed by atoms with Crippen LogP contribution in [0.2, 0.25) is 0 Å². The van der Waals surface area contributed by atoms with E-state index in [1.54, 1.807) is 26.2 Å². The molecule has 1 atom stereocenters. The summed E-state index contributed by atoms with van der Waals surface area (Å²) in [6.07, 6.45) is 0. The second-order valence-corrected chi connectivity index (χ2v) is 4.28. The van der Waals surface area contributed by atoms with E-state index in [0.717, 1.165) is 0 Å². The molecule has 6 N–H and O–H groups in total. The number of hydrogen-bond donors (Lipinski definition) is 4. The molecule has 7 heteroatoms. The predicted octanol–water partition coefficient (Wildman–Crippen LogP) is -0.0693. The van der Waals surface area contributed by atoms with E-state index in [4.69, 9.17) is 16.2 Å². The van der Waals surface area contributed by atoms with Gasteiger partial charge in [-0.25, -0.2) is 0 Å². The molecule has 0 aliphatic rings. The van der Waals surface area contributed by atoms with Crippen LogP contribution in [0, 0.1) is 0 Å². The highest BCUT2D eigenvalue weighted by Crippen LogP contribution is 2.23. The largest absolute Gasteiger partial charge is 0.396 e. The first-order valence-corrected chi connectivity index (χ1v) is 6.18. The number of nitrogens with two attached hydrogens (primary N) is 2. The molecular weight excluding hydrogens is 260 g/mol. The Kier molecular flexibility index (Phi) is 5.79. The molecule has 0 heterocycles. The highest BCUT2D eigenvalue weighted by Gasteiger charge is 2.15. The maximum Gasteiger partial charge on any atom is 0.250 e. The van der Waals surface area contributed by atoms with E-state index < -0.39 is 11.9 Å². The summed E-state index contributed by atoms with van der Waals surface area (Å²) in [5.74, 6) is -0.797. The van der Waals surface area contributed by atoms with E-state index in [1.165, 1.54) is 6.07 Å². The third-order valence-corrected chi connectivity index (χ3v) is 2.74. The number of methoxy groups -OCH3 is 1. The van der Waals surface area contributed by atoms with E-state index in [1.807, 2.05) is 0 Å². The Morgan fingerprint density at radius 1 is 1.40 bits per heavy atom. The quantitative estimate of drug-likeness (QED) is 0.412. The van der Waals surface area contributed by atoms with Gasteiger partial charge >= 0.3 is 0 Å². The molecule has 2 amide bonds. The number of primary amides is 1. The summed E-state index contributed by atoms with van der Waals surface area (Å²) in [7, 11) is 1.56. The van der Waals surface area contributed by atoms with Crippen LogP contribution in [-0.4, -0.2) is 38.1 Å². The molecule has 0 fully saturated rings. The zero-order valence-electron chi connectivity index (χ0n) is 11.6. The smallest absolute Gasteiger partial charge is 0.250 e. The van der Waals surface area contributed by atoms with Crippen molar-refractivity contribution in [1.29, 1.82) is 0 Å². The topological polar surface area (TPSA) is 119 Å². The number of benzene rings is 1. The molecule has 0 aliphatic carbocycles. The SMILES string of the molecule is COCCNC(=O)C(C)Nc1cccc(C(N)=O)c1N. The van der Waals surface area contributed by atoms with Gasteiger partial charge in [0.15, 0.2) is 0 Å². The Hall–Kier alpha value is -2.28. The molecule has 110 valence electrons.